The van der Waals surface area contributed by atoms with Crippen molar-refractivity contribution < 1.29 is 9.13 Å². The quantitative estimate of drug-likeness (QED) is 0.419. The third-order valence-electron chi connectivity index (χ3n) is 1.50. The Balaban J connectivity index is 2.86. The van der Waals surface area contributed by atoms with Crippen LogP contribution in [-0.2, 0) is 0 Å². The molecule has 0 radical (unpaired) electrons. The Kier molecular flexibility index (Phi) is 3.31. The maximum Gasteiger partial charge on any atom is 0.186 e. The first kappa shape index (κ1) is 10.1. The normalized spacial score (nSPS) is 11.5. The summed E-state index contributed by atoms with van der Waals surface area (Å²) in [5.41, 5.74) is 0. The molecule has 0 aliphatic carbocycles. The summed E-state index contributed by atoms with van der Waals surface area (Å²) in [6, 6.07) is 4.34. The van der Waals surface area contributed by atoms with E-state index in [1.54, 1.807) is 14.0 Å². The van der Waals surface area contributed by atoms with Gasteiger partial charge in [0.2, 0.25) is 0 Å². The number of aliphatic imine (C=N–C) groups is 1. The highest BCUT2D eigenvalue weighted by atomic mass is 32.1. The largest absolute Gasteiger partial charge is 0.444 e. The van der Waals surface area contributed by atoms with Crippen molar-refractivity contribution in [1.82, 2.24) is 0 Å². The Morgan fingerprint density at radius 1 is 1.54 bits per heavy atom. The smallest absolute Gasteiger partial charge is 0.186 e. The highest BCUT2D eigenvalue weighted by molar-refractivity contribution is 7.80. The zero-order valence-electron chi connectivity index (χ0n) is 7.41. The van der Waals surface area contributed by atoms with Gasteiger partial charge in [-0.25, -0.2) is 4.39 Å². The molecule has 0 fully saturated rings. The number of hydrogen-bond donors (Lipinski definition) is 1. The Morgan fingerprint density at radius 2 is 2.23 bits per heavy atom. The van der Waals surface area contributed by atoms with Gasteiger partial charge in [-0.05, 0) is 18.2 Å². The number of nitrogens with zero attached hydrogens (tertiary/aromatic N) is 1. The van der Waals surface area contributed by atoms with E-state index in [0.29, 0.717) is 11.6 Å². The van der Waals surface area contributed by atoms with Gasteiger partial charge in [-0.2, -0.15) is 0 Å². The molecule has 0 aromatic heterocycles. The lowest BCUT2D eigenvalue weighted by atomic mass is 10.3. The third kappa shape index (κ3) is 2.73. The predicted octanol–water partition coefficient (Wildman–Crippen LogP) is 2.54. The molecule has 0 aliphatic heterocycles. The molecule has 0 aliphatic rings. The molecule has 0 spiro atoms. The molecule has 0 saturated carbocycles. The Bertz CT molecular complexity index is 338. The van der Waals surface area contributed by atoms with Crippen molar-refractivity contribution >= 4 is 18.5 Å². The first-order valence-electron chi connectivity index (χ1n) is 3.73. The summed E-state index contributed by atoms with van der Waals surface area (Å²) < 4.78 is 18.0. The maximum atomic E-state index is 12.8. The van der Waals surface area contributed by atoms with Gasteiger partial charge in [-0.1, -0.05) is 0 Å². The van der Waals surface area contributed by atoms with Crippen LogP contribution in [0.2, 0.25) is 0 Å². The summed E-state index contributed by atoms with van der Waals surface area (Å²) in [5.74, 6) is 0.704. The first-order valence-corrected chi connectivity index (χ1v) is 4.18. The summed E-state index contributed by atoms with van der Waals surface area (Å²) in [5, 5.41) is 0. The van der Waals surface area contributed by atoms with Gasteiger partial charge in [0.15, 0.2) is 5.90 Å². The summed E-state index contributed by atoms with van der Waals surface area (Å²) >= 11 is 3.92. The number of halogens is 1. The minimum Gasteiger partial charge on any atom is -0.444 e. The molecule has 0 saturated heterocycles. The van der Waals surface area contributed by atoms with Crippen LogP contribution < -0.4 is 4.74 Å². The fraction of sp³-hybridized carbons (Fsp3) is 0.222. The van der Waals surface area contributed by atoms with E-state index in [2.05, 4.69) is 17.6 Å². The highest BCUT2D eigenvalue weighted by Gasteiger charge is 2.01. The predicted molar refractivity (Wildman–Crippen MR) is 53.3 cm³/mol. The highest BCUT2D eigenvalue weighted by Crippen LogP contribution is 2.19. The van der Waals surface area contributed by atoms with Gasteiger partial charge in [0.1, 0.15) is 11.6 Å². The number of thiol groups is 1. The second kappa shape index (κ2) is 4.28. The molecular weight excluding hydrogens is 189 g/mol. The van der Waals surface area contributed by atoms with Crippen molar-refractivity contribution in [1.29, 1.82) is 0 Å². The molecule has 13 heavy (non-hydrogen) atoms. The van der Waals surface area contributed by atoms with E-state index in [4.69, 9.17) is 4.74 Å². The summed E-state index contributed by atoms with van der Waals surface area (Å²) in [6.45, 7) is 1.72. The van der Waals surface area contributed by atoms with E-state index in [1.807, 2.05) is 0 Å². The number of benzene rings is 1. The molecule has 1 aromatic rings. The maximum absolute atomic E-state index is 12.8. The van der Waals surface area contributed by atoms with E-state index >= 15 is 0 Å². The molecule has 0 unspecified atom stereocenters. The number of hydrogen-bond acceptors (Lipinski definition) is 3. The van der Waals surface area contributed by atoms with Crippen LogP contribution in [0.1, 0.15) is 6.92 Å². The fourth-order valence-electron chi connectivity index (χ4n) is 0.772. The average molecular weight is 199 g/mol. The van der Waals surface area contributed by atoms with E-state index in [0.717, 1.165) is 0 Å². The van der Waals surface area contributed by atoms with Crippen molar-refractivity contribution in [2.24, 2.45) is 4.99 Å². The van der Waals surface area contributed by atoms with Crippen molar-refractivity contribution in [2.45, 2.75) is 11.8 Å². The van der Waals surface area contributed by atoms with E-state index in [9.17, 15) is 4.39 Å². The van der Waals surface area contributed by atoms with Crippen LogP contribution in [0, 0.1) is 5.82 Å². The van der Waals surface area contributed by atoms with E-state index in [-0.39, 0.29) is 10.7 Å². The molecule has 0 amide bonds. The molecule has 0 N–H and O–H groups in total. The van der Waals surface area contributed by atoms with Crippen LogP contribution in [0.25, 0.3) is 0 Å². The van der Waals surface area contributed by atoms with E-state index in [1.165, 1.54) is 18.2 Å². The van der Waals surface area contributed by atoms with E-state index < -0.39 is 0 Å². The van der Waals surface area contributed by atoms with Crippen LogP contribution in [0.5, 0.6) is 5.75 Å². The molecule has 0 atom stereocenters. The van der Waals surface area contributed by atoms with Crippen molar-refractivity contribution in [3.63, 3.8) is 0 Å². The van der Waals surface area contributed by atoms with Gasteiger partial charge in [0, 0.05) is 18.9 Å². The van der Waals surface area contributed by atoms with Gasteiger partial charge >= 0.3 is 0 Å². The second-order valence-electron chi connectivity index (χ2n) is 2.46. The van der Waals surface area contributed by atoms with Gasteiger partial charge in [0.05, 0.1) is 0 Å². The van der Waals surface area contributed by atoms with Crippen molar-refractivity contribution in [2.75, 3.05) is 7.05 Å². The number of rotatable bonds is 1. The van der Waals surface area contributed by atoms with Crippen molar-refractivity contribution in [3.8, 4) is 5.75 Å². The Hall–Kier alpha value is -1.03. The molecule has 1 aromatic carbocycles. The standard InChI is InChI=1S/C9H10FNOS/c1-6(11-2)12-7-3-4-8(10)9(13)5-7/h3-5,13H,1-2H3/b11-6-. The van der Waals surface area contributed by atoms with Gasteiger partial charge in [0.25, 0.3) is 0 Å². The first-order chi connectivity index (χ1) is 6.13. The minimum atomic E-state index is -0.359. The lowest BCUT2D eigenvalue weighted by Crippen LogP contribution is -2.02. The van der Waals surface area contributed by atoms with Crippen LogP contribution in [0.3, 0.4) is 0 Å². The zero-order chi connectivity index (χ0) is 9.84. The summed E-state index contributed by atoms with van der Waals surface area (Å²) in [6.07, 6.45) is 0. The fourth-order valence-corrected chi connectivity index (χ4v) is 0.974. The molecular formula is C9H10FNOS. The second-order valence-corrected chi connectivity index (χ2v) is 2.94. The molecule has 4 heteroatoms. The molecule has 0 bridgehead atoms. The SMILES string of the molecule is C/N=C(/C)Oc1ccc(F)c(S)c1. The summed E-state index contributed by atoms with van der Waals surface area (Å²) in [7, 11) is 1.63. The van der Waals surface area contributed by atoms with Crippen molar-refractivity contribution in [3.05, 3.63) is 24.0 Å². The Morgan fingerprint density at radius 3 is 2.77 bits per heavy atom. The van der Waals surface area contributed by atoms with Crippen LogP contribution in [0.4, 0.5) is 4.39 Å². The monoisotopic (exact) mass is 199 g/mol. The van der Waals surface area contributed by atoms with Gasteiger partial charge in [-0.15, -0.1) is 12.6 Å². The third-order valence-corrected chi connectivity index (χ3v) is 1.84. The van der Waals surface area contributed by atoms with Crippen LogP contribution >= 0.6 is 12.6 Å². The summed E-state index contributed by atoms with van der Waals surface area (Å²) in [4.78, 5) is 4.08. The number of ether oxygens (including phenoxy) is 1. The lowest BCUT2D eigenvalue weighted by molar-refractivity contribution is 0.535. The molecule has 1 rings (SSSR count). The topological polar surface area (TPSA) is 21.6 Å². The van der Waals surface area contributed by atoms with Crippen LogP contribution in [0.15, 0.2) is 28.1 Å². The average Bonchev–Trinajstić information content (AvgIpc) is 2.11. The van der Waals surface area contributed by atoms with Gasteiger partial charge < -0.3 is 4.74 Å². The molecule has 0 heterocycles. The lowest BCUT2D eigenvalue weighted by Gasteiger charge is -2.04. The molecule has 70 valence electrons. The minimum absolute atomic E-state index is 0.265. The zero-order valence-corrected chi connectivity index (χ0v) is 8.31. The van der Waals surface area contributed by atoms with Crippen LogP contribution in [-0.4, -0.2) is 12.9 Å². The van der Waals surface area contributed by atoms with Gasteiger partial charge in [-0.3, -0.25) is 4.99 Å². The molecule has 2 nitrogen and oxygen atoms in total. The Labute approximate surface area is 81.9 Å².